The maximum atomic E-state index is 5.24. The SMILES string of the molecule is CCCNC(c1nccc2ccccc12)C(C)CCOC. The normalized spacial score (nSPS) is 14.2. The summed E-state index contributed by atoms with van der Waals surface area (Å²) in [5.41, 5.74) is 1.16. The van der Waals surface area contributed by atoms with Gasteiger partial charge in [0.1, 0.15) is 0 Å². The molecule has 0 aliphatic rings. The molecule has 1 aromatic heterocycles. The highest BCUT2D eigenvalue weighted by molar-refractivity contribution is 5.84. The number of fused-ring (bicyclic) bond motifs is 1. The van der Waals surface area contributed by atoms with E-state index in [0.29, 0.717) is 5.92 Å². The number of benzene rings is 1. The molecular formula is C18H26N2O. The molecular weight excluding hydrogens is 260 g/mol. The average molecular weight is 286 g/mol. The largest absolute Gasteiger partial charge is 0.385 e. The summed E-state index contributed by atoms with van der Waals surface area (Å²) >= 11 is 0. The summed E-state index contributed by atoms with van der Waals surface area (Å²) in [6.07, 6.45) is 4.07. The standard InChI is InChI=1S/C18H26N2O/c1-4-11-19-17(14(2)10-13-21-3)18-16-8-6-5-7-15(16)9-12-20-18/h5-9,12,14,17,19H,4,10-11,13H2,1-3H3. The van der Waals surface area contributed by atoms with Crippen molar-refractivity contribution in [3.8, 4) is 0 Å². The Morgan fingerprint density at radius 3 is 2.81 bits per heavy atom. The Labute approximate surface area is 127 Å². The lowest BCUT2D eigenvalue weighted by molar-refractivity contribution is 0.170. The summed E-state index contributed by atoms with van der Waals surface area (Å²) in [6, 6.07) is 10.8. The second-order valence-electron chi connectivity index (χ2n) is 5.61. The van der Waals surface area contributed by atoms with E-state index < -0.39 is 0 Å². The number of rotatable bonds is 8. The van der Waals surface area contributed by atoms with Crippen LogP contribution in [0, 0.1) is 5.92 Å². The van der Waals surface area contributed by atoms with Crippen molar-refractivity contribution < 1.29 is 4.74 Å². The molecule has 0 radical (unpaired) electrons. The van der Waals surface area contributed by atoms with Gasteiger partial charge in [0.05, 0.1) is 11.7 Å². The molecule has 3 heteroatoms. The van der Waals surface area contributed by atoms with E-state index in [0.717, 1.165) is 31.7 Å². The van der Waals surface area contributed by atoms with Crippen molar-refractivity contribution in [1.82, 2.24) is 10.3 Å². The minimum Gasteiger partial charge on any atom is -0.385 e. The maximum absolute atomic E-state index is 5.24. The first-order valence-corrected chi connectivity index (χ1v) is 7.84. The molecule has 2 rings (SSSR count). The highest BCUT2D eigenvalue weighted by Gasteiger charge is 2.21. The fourth-order valence-corrected chi connectivity index (χ4v) is 2.73. The molecule has 0 aliphatic carbocycles. The van der Waals surface area contributed by atoms with Crippen molar-refractivity contribution in [1.29, 1.82) is 0 Å². The van der Waals surface area contributed by atoms with E-state index in [9.17, 15) is 0 Å². The van der Waals surface area contributed by atoms with Gasteiger partial charge in [-0.1, -0.05) is 38.1 Å². The molecule has 0 fully saturated rings. The maximum Gasteiger partial charge on any atom is 0.0654 e. The van der Waals surface area contributed by atoms with Crippen molar-refractivity contribution in [3.63, 3.8) is 0 Å². The Morgan fingerprint density at radius 2 is 2.05 bits per heavy atom. The highest BCUT2D eigenvalue weighted by atomic mass is 16.5. The second kappa shape index (κ2) is 8.11. The number of nitrogens with zero attached hydrogens (tertiary/aromatic N) is 1. The number of ether oxygens (including phenoxy) is 1. The number of methoxy groups -OCH3 is 1. The molecule has 0 amide bonds. The Hall–Kier alpha value is -1.45. The summed E-state index contributed by atoms with van der Waals surface area (Å²) < 4.78 is 5.24. The Balaban J connectivity index is 2.33. The summed E-state index contributed by atoms with van der Waals surface area (Å²) in [5, 5.41) is 6.17. The van der Waals surface area contributed by atoms with E-state index in [1.165, 1.54) is 10.8 Å². The van der Waals surface area contributed by atoms with Crippen molar-refractivity contribution in [3.05, 3.63) is 42.2 Å². The van der Waals surface area contributed by atoms with E-state index in [4.69, 9.17) is 4.74 Å². The number of nitrogens with one attached hydrogen (secondary N) is 1. The van der Waals surface area contributed by atoms with E-state index in [1.54, 1.807) is 7.11 Å². The summed E-state index contributed by atoms with van der Waals surface area (Å²) in [4.78, 5) is 4.69. The predicted molar refractivity (Wildman–Crippen MR) is 88.4 cm³/mol. The van der Waals surface area contributed by atoms with Gasteiger partial charge >= 0.3 is 0 Å². The zero-order valence-electron chi connectivity index (χ0n) is 13.3. The fourth-order valence-electron chi connectivity index (χ4n) is 2.73. The van der Waals surface area contributed by atoms with Gasteiger partial charge in [-0.3, -0.25) is 4.98 Å². The number of hydrogen-bond acceptors (Lipinski definition) is 3. The summed E-state index contributed by atoms with van der Waals surface area (Å²) in [7, 11) is 1.76. The third kappa shape index (κ3) is 4.02. The molecule has 1 aromatic carbocycles. The Bertz CT molecular complexity index is 550. The van der Waals surface area contributed by atoms with Gasteiger partial charge < -0.3 is 10.1 Å². The molecule has 0 saturated heterocycles. The molecule has 0 bridgehead atoms. The number of hydrogen-bond donors (Lipinski definition) is 1. The van der Waals surface area contributed by atoms with Gasteiger partial charge in [0.2, 0.25) is 0 Å². The van der Waals surface area contributed by atoms with Crippen LogP contribution in [0.4, 0.5) is 0 Å². The molecule has 0 aliphatic heterocycles. The van der Waals surface area contributed by atoms with Crippen LogP contribution in [-0.2, 0) is 4.74 Å². The number of pyridine rings is 1. The molecule has 114 valence electrons. The average Bonchev–Trinajstić information content (AvgIpc) is 2.53. The molecule has 2 aromatic rings. The smallest absolute Gasteiger partial charge is 0.0654 e. The first-order valence-electron chi connectivity index (χ1n) is 7.84. The molecule has 0 spiro atoms. The molecule has 3 nitrogen and oxygen atoms in total. The van der Waals surface area contributed by atoms with Crippen LogP contribution < -0.4 is 5.32 Å². The lowest BCUT2D eigenvalue weighted by atomic mass is 9.92. The summed E-state index contributed by atoms with van der Waals surface area (Å²) in [5.74, 6) is 0.481. The third-order valence-corrected chi connectivity index (χ3v) is 3.96. The van der Waals surface area contributed by atoms with E-state index in [-0.39, 0.29) is 6.04 Å². The fraction of sp³-hybridized carbons (Fsp3) is 0.500. The van der Waals surface area contributed by atoms with Crippen LogP contribution >= 0.6 is 0 Å². The van der Waals surface area contributed by atoms with Gasteiger partial charge in [-0.2, -0.15) is 0 Å². The van der Waals surface area contributed by atoms with E-state index in [2.05, 4.69) is 54.5 Å². The van der Waals surface area contributed by atoms with Gasteiger partial charge in [0.15, 0.2) is 0 Å². The predicted octanol–water partition coefficient (Wildman–Crippen LogP) is 3.95. The van der Waals surface area contributed by atoms with Crippen LogP contribution in [0.3, 0.4) is 0 Å². The zero-order chi connectivity index (χ0) is 15.1. The van der Waals surface area contributed by atoms with Gasteiger partial charge in [-0.15, -0.1) is 0 Å². The minimum atomic E-state index is 0.270. The van der Waals surface area contributed by atoms with E-state index in [1.807, 2.05) is 6.20 Å². The van der Waals surface area contributed by atoms with Crippen LogP contribution in [0.15, 0.2) is 36.5 Å². The second-order valence-corrected chi connectivity index (χ2v) is 5.61. The number of aromatic nitrogens is 1. The van der Waals surface area contributed by atoms with Crippen LogP contribution in [0.5, 0.6) is 0 Å². The Kier molecular flexibility index (Phi) is 6.15. The molecule has 0 saturated carbocycles. The topological polar surface area (TPSA) is 34.2 Å². The quantitative estimate of drug-likeness (QED) is 0.798. The van der Waals surface area contributed by atoms with Crippen LogP contribution in [0.25, 0.3) is 10.8 Å². The third-order valence-electron chi connectivity index (χ3n) is 3.96. The molecule has 1 N–H and O–H groups in total. The van der Waals surface area contributed by atoms with Crippen molar-refractivity contribution in [2.75, 3.05) is 20.3 Å². The van der Waals surface area contributed by atoms with Gasteiger partial charge in [0.25, 0.3) is 0 Å². The summed E-state index contributed by atoms with van der Waals surface area (Å²) in [6.45, 7) is 6.26. The minimum absolute atomic E-state index is 0.270. The van der Waals surface area contributed by atoms with Crippen molar-refractivity contribution in [2.45, 2.75) is 32.7 Å². The first-order chi connectivity index (χ1) is 10.3. The first kappa shape index (κ1) is 15.9. The van der Waals surface area contributed by atoms with Gasteiger partial charge in [-0.25, -0.2) is 0 Å². The lowest BCUT2D eigenvalue weighted by Gasteiger charge is -2.26. The van der Waals surface area contributed by atoms with Crippen LogP contribution in [0.2, 0.25) is 0 Å². The van der Waals surface area contributed by atoms with Crippen LogP contribution in [-0.4, -0.2) is 25.2 Å². The molecule has 21 heavy (non-hydrogen) atoms. The van der Waals surface area contributed by atoms with Crippen molar-refractivity contribution in [2.24, 2.45) is 5.92 Å². The van der Waals surface area contributed by atoms with E-state index >= 15 is 0 Å². The van der Waals surface area contributed by atoms with Crippen LogP contribution in [0.1, 0.15) is 38.4 Å². The van der Waals surface area contributed by atoms with Gasteiger partial charge in [-0.05, 0) is 36.8 Å². The van der Waals surface area contributed by atoms with Crippen molar-refractivity contribution >= 4 is 10.8 Å². The Morgan fingerprint density at radius 1 is 1.24 bits per heavy atom. The highest BCUT2D eigenvalue weighted by Crippen LogP contribution is 2.28. The van der Waals surface area contributed by atoms with Gasteiger partial charge in [0, 0.05) is 25.3 Å². The zero-order valence-corrected chi connectivity index (χ0v) is 13.3. The molecule has 2 unspecified atom stereocenters. The monoisotopic (exact) mass is 286 g/mol. The molecule has 1 heterocycles. The lowest BCUT2D eigenvalue weighted by Crippen LogP contribution is -2.29. The molecule has 2 atom stereocenters.